The second kappa shape index (κ2) is 6.98. The van der Waals surface area contributed by atoms with Crippen molar-refractivity contribution < 1.29 is 9.72 Å². The molecule has 1 fully saturated rings. The number of amides is 1. The third kappa shape index (κ3) is 3.13. The van der Waals surface area contributed by atoms with E-state index in [-0.39, 0.29) is 23.1 Å². The van der Waals surface area contributed by atoms with Crippen molar-refractivity contribution in [2.75, 3.05) is 25.0 Å². The second-order valence-electron chi connectivity index (χ2n) is 7.05. The number of aromatic nitrogens is 3. The number of carbonyl (C=O) groups excluding carboxylic acids is 1. The van der Waals surface area contributed by atoms with Gasteiger partial charge in [0.2, 0.25) is 0 Å². The zero-order chi connectivity index (χ0) is 19.0. The van der Waals surface area contributed by atoms with Crippen LogP contribution in [0.2, 0.25) is 0 Å². The Balaban J connectivity index is 1.62. The number of fused-ring (bicyclic) bond motifs is 1. The van der Waals surface area contributed by atoms with Gasteiger partial charge in [0.05, 0.1) is 4.92 Å². The van der Waals surface area contributed by atoms with Crippen molar-refractivity contribution >= 4 is 17.3 Å². The molecule has 1 unspecified atom stereocenters. The molecule has 1 aromatic heterocycles. The monoisotopic (exact) mass is 370 g/mol. The first kappa shape index (κ1) is 17.4. The number of piperidine rings is 1. The highest BCUT2D eigenvalue weighted by atomic mass is 16.6. The molecule has 1 amide bonds. The Morgan fingerprint density at radius 3 is 2.93 bits per heavy atom. The molecule has 3 heterocycles. The highest BCUT2D eigenvalue weighted by Crippen LogP contribution is 2.35. The first-order valence-corrected chi connectivity index (χ1v) is 9.26. The fourth-order valence-electron chi connectivity index (χ4n) is 4.10. The smallest absolute Gasteiger partial charge is 0.293 e. The Hall–Kier alpha value is -2.97. The van der Waals surface area contributed by atoms with Crippen LogP contribution in [0.5, 0.6) is 0 Å². The van der Waals surface area contributed by atoms with Gasteiger partial charge in [-0.15, -0.1) is 10.2 Å². The van der Waals surface area contributed by atoms with Gasteiger partial charge in [0.15, 0.2) is 0 Å². The number of hydrogen-bond donors (Lipinski definition) is 1. The fourth-order valence-corrected chi connectivity index (χ4v) is 4.10. The molecule has 142 valence electrons. The minimum absolute atomic E-state index is 0.0387. The quantitative estimate of drug-likeness (QED) is 0.650. The number of nitrogens with one attached hydrogen (secondary N) is 1. The number of hydrogen-bond acceptors (Lipinski definition) is 6. The zero-order valence-electron chi connectivity index (χ0n) is 15.2. The Morgan fingerprint density at radius 2 is 2.15 bits per heavy atom. The topological polar surface area (TPSA) is 106 Å². The summed E-state index contributed by atoms with van der Waals surface area (Å²) in [6, 6.07) is 4.67. The van der Waals surface area contributed by atoms with E-state index < -0.39 is 4.92 Å². The van der Waals surface area contributed by atoms with Gasteiger partial charge in [-0.25, -0.2) is 0 Å². The van der Waals surface area contributed by atoms with Crippen LogP contribution < -0.4 is 10.2 Å². The van der Waals surface area contributed by atoms with Crippen LogP contribution in [0.3, 0.4) is 0 Å². The summed E-state index contributed by atoms with van der Waals surface area (Å²) in [4.78, 5) is 25.1. The Bertz CT molecular complexity index is 893. The molecule has 2 aliphatic rings. The minimum atomic E-state index is -0.417. The molecule has 1 N–H and O–H groups in total. The number of anilines is 1. The SMILES string of the molecule is CNC(=O)c1ccc(N2CCCC(c3nnc4n3CCC4)C2)c([N+](=O)[O-])c1. The van der Waals surface area contributed by atoms with Crippen LogP contribution in [0.1, 0.15) is 47.2 Å². The first-order valence-electron chi connectivity index (χ1n) is 9.26. The summed E-state index contributed by atoms with van der Waals surface area (Å²) in [5.74, 6) is 1.91. The minimum Gasteiger partial charge on any atom is -0.365 e. The van der Waals surface area contributed by atoms with Gasteiger partial charge in [0.1, 0.15) is 17.3 Å². The summed E-state index contributed by atoms with van der Waals surface area (Å²) < 4.78 is 2.21. The molecule has 0 spiro atoms. The number of nitrogens with zero attached hydrogens (tertiary/aromatic N) is 5. The summed E-state index contributed by atoms with van der Waals surface area (Å²) >= 11 is 0. The molecule has 2 aliphatic heterocycles. The molecule has 4 rings (SSSR count). The van der Waals surface area contributed by atoms with Crippen LogP contribution in [-0.4, -0.2) is 45.7 Å². The highest BCUT2D eigenvalue weighted by molar-refractivity contribution is 5.95. The second-order valence-corrected chi connectivity index (χ2v) is 7.05. The lowest BCUT2D eigenvalue weighted by atomic mass is 9.96. The predicted molar refractivity (Wildman–Crippen MR) is 99.0 cm³/mol. The molecular formula is C18H22N6O3. The summed E-state index contributed by atoms with van der Waals surface area (Å²) in [6.07, 6.45) is 4.00. The molecule has 9 heteroatoms. The Labute approximate surface area is 156 Å². The molecule has 27 heavy (non-hydrogen) atoms. The summed E-state index contributed by atoms with van der Waals surface area (Å²) in [5.41, 5.74) is 0.804. The van der Waals surface area contributed by atoms with Gasteiger partial charge in [-0.05, 0) is 31.4 Å². The maximum atomic E-state index is 11.8. The zero-order valence-corrected chi connectivity index (χ0v) is 15.2. The van der Waals surface area contributed by atoms with Gasteiger partial charge in [-0.2, -0.15) is 0 Å². The van der Waals surface area contributed by atoms with Crippen LogP contribution in [0.4, 0.5) is 11.4 Å². The third-order valence-electron chi connectivity index (χ3n) is 5.43. The van der Waals surface area contributed by atoms with E-state index in [0.29, 0.717) is 12.2 Å². The number of carbonyl (C=O) groups is 1. The summed E-state index contributed by atoms with van der Waals surface area (Å²) in [6.45, 7) is 2.37. The molecule has 0 saturated carbocycles. The van der Waals surface area contributed by atoms with Gasteiger partial charge in [-0.1, -0.05) is 0 Å². The van der Waals surface area contributed by atoms with E-state index in [0.717, 1.165) is 50.4 Å². The maximum absolute atomic E-state index is 11.8. The lowest BCUT2D eigenvalue weighted by molar-refractivity contribution is -0.384. The van der Waals surface area contributed by atoms with Crippen LogP contribution in [0, 0.1) is 10.1 Å². The fraction of sp³-hybridized carbons (Fsp3) is 0.500. The van der Waals surface area contributed by atoms with Crippen LogP contribution >= 0.6 is 0 Å². The van der Waals surface area contributed by atoms with E-state index in [9.17, 15) is 14.9 Å². The molecule has 2 aromatic rings. The van der Waals surface area contributed by atoms with Gasteiger partial charge in [-0.3, -0.25) is 14.9 Å². The summed E-state index contributed by atoms with van der Waals surface area (Å²) in [7, 11) is 1.51. The standard InChI is InChI=1S/C18H22N6O3/c1-19-18(25)12-6-7-14(15(10-12)24(26)27)22-8-2-4-13(11-22)17-21-20-16-5-3-9-23(16)17/h6-7,10,13H,2-5,8-9,11H2,1H3,(H,19,25). The van der Waals surface area contributed by atoms with E-state index in [1.54, 1.807) is 12.1 Å². The van der Waals surface area contributed by atoms with Gasteiger partial charge in [0, 0.05) is 50.7 Å². The molecule has 0 bridgehead atoms. The molecule has 0 radical (unpaired) electrons. The van der Waals surface area contributed by atoms with E-state index in [2.05, 4.69) is 20.1 Å². The highest BCUT2D eigenvalue weighted by Gasteiger charge is 2.31. The van der Waals surface area contributed by atoms with Gasteiger partial charge < -0.3 is 14.8 Å². The van der Waals surface area contributed by atoms with Gasteiger partial charge in [0.25, 0.3) is 11.6 Å². The number of nitro groups is 1. The van der Waals surface area contributed by atoms with Crippen LogP contribution in [-0.2, 0) is 13.0 Å². The number of rotatable bonds is 4. The van der Waals surface area contributed by atoms with E-state index in [4.69, 9.17) is 0 Å². The largest absolute Gasteiger partial charge is 0.365 e. The maximum Gasteiger partial charge on any atom is 0.293 e. The van der Waals surface area contributed by atoms with Crippen LogP contribution in [0.25, 0.3) is 0 Å². The number of benzene rings is 1. The molecule has 1 atom stereocenters. The van der Waals surface area contributed by atoms with Crippen molar-refractivity contribution in [2.45, 2.75) is 38.1 Å². The van der Waals surface area contributed by atoms with Crippen molar-refractivity contribution in [3.8, 4) is 0 Å². The third-order valence-corrected chi connectivity index (χ3v) is 5.43. The summed E-state index contributed by atoms with van der Waals surface area (Å²) in [5, 5.41) is 22.8. The predicted octanol–water partition coefficient (Wildman–Crippen LogP) is 1.88. The average Bonchev–Trinajstić information content (AvgIpc) is 3.30. The van der Waals surface area contributed by atoms with E-state index in [1.807, 2.05) is 4.90 Å². The lowest BCUT2D eigenvalue weighted by Gasteiger charge is -2.33. The molecule has 9 nitrogen and oxygen atoms in total. The average molecular weight is 370 g/mol. The van der Waals surface area contributed by atoms with Crippen molar-refractivity contribution in [2.24, 2.45) is 0 Å². The lowest BCUT2D eigenvalue weighted by Crippen LogP contribution is -2.35. The Kier molecular flexibility index (Phi) is 4.51. The first-order chi connectivity index (χ1) is 13.1. The molecule has 1 aromatic carbocycles. The number of aryl methyl sites for hydroxylation is 1. The molecule has 0 aliphatic carbocycles. The van der Waals surface area contributed by atoms with Crippen molar-refractivity contribution in [3.05, 3.63) is 45.5 Å². The normalized spacial score (nSPS) is 19.0. The van der Waals surface area contributed by atoms with Crippen molar-refractivity contribution in [1.29, 1.82) is 0 Å². The van der Waals surface area contributed by atoms with Gasteiger partial charge >= 0.3 is 0 Å². The Morgan fingerprint density at radius 1 is 1.30 bits per heavy atom. The van der Waals surface area contributed by atoms with Crippen LogP contribution in [0.15, 0.2) is 18.2 Å². The van der Waals surface area contributed by atoms with Crippen molar-refractivity contribution in [1.82, 2.24) is 20.1 Å². The van der Waals surface area contributed by atoms with E-state index in [1.165, 1.54) is 13.1 Å². The number of nitro benzene ring substituents is 1. The molecular weight excluding hydrogens is 348 g/mol. The van der Waals surface area contributed by atoms with Crippen molar-refractivity contribution in [3.63, 3.8) is 0 Å². The van der Waals surface area contributed by atoms with E-state index >= 15 is 0 Å². The molecule has 1 saturated heterocycles.